The predicted octanol–water partition coefficient (Wildman–Crippen LogP) is 4.53. The van der Waals surface area contributed by atoms with E-state index < -0.39 is 5.54 Å². The molecule has 2 aliphatic carbocycles. The Morgan fingerprint density at radius 3 is 2.78 bits per heavy atom. The van der Waals surface area contributed by atoms with Gasteiger partial charge in [-0.3, -0.25) is 0 Å². The van der Waals surface area contributed by atoms with Gasteiger partial charge in [-0.05, 0) is 54.7 Å². The summed E-state index contributed by atoms with van der Waals surface area (Å²) in [4.78, 5) is 6.25. The van der Waals surface area contributed by atoms with Gasteiger partial charge in [-0.25, -0.2) is 4.98 Å². The van der Waals surface area contributed by atoms with Crippen molar-refractivity contribution >= 4 is 11.3 Å². The quantitative estimate of drug-likeness (QED) is 0.706. The van der Waals surface area contributed by atoms with Crippen molar-refractivity contribution < 1.29 is 5.11 Å². The summed E-state index contributed by atoms with van der Waals surface area (Å²) in [7, 11) is 0. The number of benzene rings is 2. The predicted molar refractivity (Wildman–Crippen MR) is 111 cm³/mol. The second kappa shape index (κ2) is 6.55. The fourth-order valence-electron chi connectivity index (χ4n) is 4.57. The first-order valence-electron chi connectivity index (χ1n) is 9.73. The van der Waals surface area contributed by atoms with Gasteiger partial charge in [-0.1, -0.05) is 48.5 Å². The minimum Gasteiger partial charge on any atom is -0.394 e. The fourth-order valence-corrected chi connectivity index (χ4v) is 5.75. The van der Waals surface area contributed by atoms with Crippen LogP contribution >= 0.6 is 11.3 Å². The summed E-state index contributed by atoms with van der Waals surface area (Å²) in [6, 6.07) is 17.4. The monoisotopic (exact) mass is 376 g/mol. The standard InChI is InChI=1S/C23H24N2OS/c24-23(14-26)11-10-18(13-23)16-6-8-19-17(12-16)7-9-20-21(19)27-22(25-20)15-4-2-1-3-5-15/h1-6,8,12,18,26H,7,9-11,13-14,24H2/t18-,23+/m0/s1. The third-order valence-electron chi connectivity index (χ3n) is 6.15. The zero-order valence-corrected chi connectivity index (χ0v) is 16.1. The summed E-state index contributed by atoms with van der Waals surface area (Å²) < 4.78 is 0. The molecular formula is C23H24N2OS. The molecule has 0 radical (unpaired) electrons. The number of aliphatic hydroxyl groups excluding tert-OH is 1. The van der Waals surface area contributed by atoms with Crippen molar-refractivity contribution in [1.82, 2.24) is 4.98 Å². The summed E-state index contributed by atoms with van der Waals surface area (Å²) in [6.07, 6.45) is 4.92. The lowest BCUT2D eigenvalue weighted by atomic mass is 9.87. The summed E-state index contributed by atoms with van der Waals surface area (Å²) in [5.74, 6) is 0.468. The highest BCUT2D eigenvalue weighted by molar-refractivity contribution is 7.18. The third kappa shape index (κ3) is 3.02. The average molecular weight is 377 g/mol. The van der Waals surface area contributed by atoms with Gasteiger partial charge in [0.25, 0.3) is 0 Å². The number of hydrogen-bond donors (Lipinski definition) is 2. The van der Waals surface area contributed by atoms with E-state index in [9.17, 15) is 5.11 Å². The molecular weight excluding hydrogens is 352 g/mol. The van der Waals surface area contributed by atoms with Crippen LogP contribution in [0.2, 0.25) is 0 Å². The van der Waals surface area contributed by atoms with Gasteiger partial charge in [0.15, 0.2) is 0 Å². The molecule has 0 spiro atoms. The highest BCUT2D eigenvalue weighted by Gasteiger charge is 2.36. The zero-order valence-electron chi connectivity index (χ0n) is 15.3. The van der Waals surface area contributed by atoms with Crippen LogP contribution in [0.4, 0.5) is 0 Å². The molecule has 2 atom stereocenters. The SMILES string of the molecule is N[C@]1(CO)CC[C@H](c2ccc3c(c2)CCc2nc(-c4ccccc4)sc2-3)C1. The van der Waals surface area contributed by atoms with E-state index in [1.807, 2.05) is 17.4 Å². The average Bonchev–Trinajstić information content (AvgIpc) is 3.33. The van der Waals surface area contributed by atoms with Crippen molar-refractivity contribution in [3.63, 3.8) is 0 Å². The van der Waals surface area contributed by atoms with Crippen molar-refractivity contribution in [3.05, 3.63) is 65.4 Å². The Morgan fingerprint density at radius 2 is 2.00 bits per heavy atom. The molecule has 0 amide bonds. The molecule has 27 heavy (non-hydrogen) atoms. The van der Waals surface area contributed by atoms with Gasteiger partial charge in [0.2, 0.25) is 0 Å². The second-order valence-corrected chi connectivity index (χ2v) is 9.04. The smallest absolute Gasteiger partial charge is 0.124 e. The molecule has 1 heterocycles. The number of hydrogen-bond acceptors (Lipinski definition) is 4. The van der Waals surface area contributed by atoms with Crippen LogP contribution in [0.3, 0.4) is 0 Å². The molecule has 0 saturated heterocycles. The van der Waals surface area contributed by atoms with E-state index in [2.05, 4.69) is 42.5 Å². The highest BCUT2D eigenvalue weighted by Crippen LogP contribution is 2.44. The van der Waals surface area contributed by atoms with E-state index in [1.165, 1.54) is 32.8 Å². The zero-order chi connectivity index (χ0) is 18.4. The van der Waals surface area contributed by atoms with Crippen LogP contribution in [-0.4, -0.2) is 22.2 Å². The van der Waals surface area contributed by atoms with E-state index in [1.54, 1.807) is 0 Å². The molecule has 3 aromatic rings. The molecule has 138 valence electrons. The topological polar surface area (TPSA) is 59.1 Å². The summed E-state index contributed by atoms with van der Waals surface area (Å²) >= 11 is 1.81. The molecule has 1 saturated carbocycles. The highest BCUT2D eigenvalue weighted by atomic mass is 32.1. The Kier molecular flexibility index (Phi) is 4.15. The summed E-state index contributed by atoms with van der Waals surface area (Å²) in [5.41, 5.74) is 12.5. The van der Waals surface area contributed by atoms with Crippen molar-refractivity contribution in [2.45, 2.75) is 43.6 Å². The molecule has 0 unspecified atom stereocenters. The number of fused-ring (bicyclic) bond motifs is 3. The van der Waals surface area contributed by atoms with Gasteiger partial charge < -0.3 is 10.8 Å². The number of aromatic nitrogens is 1. The minimum absolute atomic E-state index is 0.0843. The number of nitrogens with two attached hydrogens (primary N) is 1. The lowest BCUT2D eigenvalue weighted by Crippen LogP contribution is -2.40. The Hall–Kier alpha value is -2.01. The number of nitrogens with zero attached hydrogens (tertiary/aromatic N) is 1. The van der Waals surface area contributed by atoms with E-state index in [-0.39, 0.29) is 6.61 Å². The number of aliphatic hydroxyl groups is 1. The van der Waals surface area contributed by atoms with Crippen molar-refractivity contribution in [1.29, 1.82) is 0 Å². The van der Waals surface area contributed by atoms with Crippen molar-refractivity contribution in [3.8, 4) is 21.0 Å². The minimum atomic E-state index is -0.393. The van der Waals surface area contributed by atoms with Gasteiger partial charge in [0, 0.05) is 11.1 Å². The number of rotatable bonds is 3. The van der Waals surface area contributed by atoms with Gasteiger partial charge in [-0.2, -0.15) is 0 Å². The lowest BCUT2D eigenvalue weighted by molar-refractivity contribution is 0.198. The normalized spacial score (nSPS) is 23.9. The molecule has 3 nitrogen and oxygen atoms in total. The number of aryl methyl sites for hydroxylation is 2. The molecule has 0 aliphatic heterocycles. The summed E-state index contributed by atoms with van der Waals surface area (Å²) in [5, 5.41) is 10.7. The van der Waals surface area contributed by atoms with E-state index in [4.69, 9.17) is 10.7 Å². The van der Waals surface area contributed by atoms with E-state index in [0.29, 0.717) is 5.92 Å². The Balaban J connectivity index is 1.47. The summed E-state index contributed by atoms with van der Waals surface area (Å²) in [6.45, 7) is 0.0843. The third-order valence-corrected chi connectivity index (χ3v) is 7.33. The maximum atomic E-state index is 9.56. The van der Waals surface area contributed by atoms with Crippen LogP contribution in [0.25, 0.3) is 21.0 Å². The molecule has 3 N–H and O–H groups in total. The van der Waals surface area contributed by atoms with E-state index in [0.717, 1.165) is 37.1 Å². The molecule has 0 bridgehead atoms. The fraction of sp³-hybridized carbons (Fsp3) is 0.348. The Bertz CT molecular complexity index is 981. The Labute approximate surface area is 163 Å². The van der Waals surface area contributed by atoms with Gasteiger partial charge in [0.05, 0.1) is 17.2 Å². The maximum absolute atomic E-state index is 9.56. The van der Waals surface area contributed by atoms with Gasteiger partial charge in [0.1, 0.15) is 5.01 Å². The first kappa shape index (κ1) is 17.1. The molecule has 5 rings (SSSR count). The van der Waals surface area contributed by atoms with Gasteiger partial charge >= 0.3 is 0 Å². The van der Waals surface area contributed by atoms with Crippen LogP contribution in [0, 0.1) is 0 Å². The maximum Gasteiger partial charge on any atom is 0.124 e. The first-order chi connectivity index (χ1) is 13.1. The molecule has 1 aromatic heterocycles. The first-order valence-corrected chi connectivity index (χ1v) is 10.5. The van der Waals surface area contributed by atoms with Crippen LogP contribution in [0.5, 0.6) is 0 Å². The number of thiazole rings is 1. The van der Waals surface area contributed by atoms with E-state index >= 15 is 0 Å². The molecule has 2 aliphatic rings. The Morgan fingerprint density at radius 1 is 1.15 bits per heavy atom. The largest absolute Gasteiger partial charge is 0.394 e. The van der Waals surface area contributed by atoms with Crippen molar-refractivity contribution in [2.24, 2.45) is 5.73 Å². The second-order valence-electron chi connectivity index (χ2n) is 8.04. The molecule has 4 heteroatoms. The molecule has 2 aromatic carbocycles. The van der Waals surface area contributed by atoms with Crippen LogP contribution < -0.4 is 5.73 Å². The van der Waals surface area contributed by atoms with Crippen LogP contribution in [0.1, 0.15) is 42.0 Å². The van der Waals surface area contributed by atoms with Crippen LogP contribution in [0.15, 0.2) is 48.5 Å². The van der Waals surface area contributed by atoms with Crippen LogP contribution in [-0.2, 0) is 12.8 Å². The van der Waals surface area contributed by atoms with Gasteiger partial charge in [-0.15, -0.1) is 11.3 Å². The lowest BCUT2D eigenvalue weighted by Gasteiger charge is -2.22. The van der Waals surface area contributed by atoms with Crippen molar-refractivity contribution in [2.75, 3.05) is 6.61 Å². The molecule has 1 fully saturated rings.